The summed E-state index contributed by atoms with van der Waals surface area (Å²) in [7, 11) is 0. The molecule has 0 saturated carbocycles. The molecule has 102 valence electrons. The maximum Gasteiger partial charge on any atom is 0.416 e. The molecule has 2 rings (SSSR count). The van der Waals surface area contributed by atoms with Crippen LogP contribution in [-0.4, -0.2) is 0 Å². The van der Waals surface area contributed by atoms with Gasteiger partial charge in [0.1, 0.15) is 5.82 Å². The largest absolute Gasteiger partial charge is 0.416 e. The van der Waals surface area contributed by atoms with Crippen LogP contribution in [0.15, 0.2) is 48.5 Å². The molecule has 0 spiro atoms. The van der Waals surface area contributed by atoms with Crippen molar-refractivity contribution < 1.29 is 17.6 Å². The summed E-state index contributed by atoms with van der Waals surface area (Å²) >= 11 is 3.91. The molecular weight excluding hydrogens is 486 g/mol. The minimum Gasteiger partial charge on any atom is -0.207 e. The molecule has 0 aliphatic carbocycles. The molecule has 0 aliphatic heterocycles. The first-order chi connectivity index (χ1) is 8.79. The van der Waals surface area contributed by atoms with Crippen molar-refractivity contribution >= 4 is 45.2 Å². The summed E-state index contributed by atoms with van der Waals surface area (Å²) in [5, 5.41) is 0. The summed E-state index contributed by atoms with van der Waals surface area (Å²) in [5.41, 5.74) is -0.593. The van der Waals surface area contributed by atoms with Gasteiger partial charge in [0.15, 0.2) is 0 Å². The van der Waals surface area contributed by atoms with Crippen LogP contribution in [0.25, 0.3) is 0 Å². The molecule has 2 aromatic carbocycles. The smallest absolute Gasteiger partial charge is 0.207 e. The minimum atomic E-state index is -4.22. The van der Waals surface area contributed by atoms with Crippen molar-refractivity contribution in [3.8, 4) is 0 Å². The third kappa shape index (κ3) is 6.55. The molecule has 6 heteroatoms. The van der Waals surface area contributed by atoms with E-state index in [-0.39, 0.29) is 5.82 Å². The Balaban J connectivity index is 0.000000200. The average molecular weight is 494 g/mol. The molecule has 0 amide bonds. The molecular formula is C13H8F4I2. The Morgan fingerprint density at radius 1 is 0.789 bits per heavy atom. The molecule has 0 N–H and O–H groups in total. The van der Waals surface area contributed by atoms with Crippen LogP contribution in [-0.2, 0) is 6.18 Å². The van der Waals surface area contributed by atoms with Gasteiger partial charge in [0.2, 0.25) is 0 Å². The predicted molar refractivity (Wildman–Crippen MR) is 83.3 cm³/mol. The summed E-state index contributed by atoms with van der Waals surface area (Å²) < 4.78 is 49.6. The lowest BCUT2D eigenvalue weighted by molar-refractivity contribution is -0.137. The van der Waals surface area contributed by atoms with Gasteiger partial charge in [-0.2, -0.15) is 13.2 Å². The van der Waals surface area contributed by atoms with Crippen LogP contribution >= 0.6 is 45.2 Å². The Morgan fingerprint density at radius 2 is 1.32 bits per heavy atom. The fraction of sp³-hybridized carbons (Fsp3) is 0.0769. The van der Waals surface area contributed by atoms with Gasteiger partial charge < -0.3 is 0 Å². The molecule has 0 nitrogen and oxygen atoms in total. The van der Waals surface area contributed by atoms with Gasteiger partial charge in [-0.1, -0.05) is 12.1 Å². The zero-order valence-electron chi connectivity index (χ0n) is 9.39. The van der Waals surface area contributed by atoms with Crippen LogP contribution in [0.2, 0.25) is 0 Å². The topological polar surface area (TPSA) is 0 Å². The fourth-order valence-electron chi connectivity index (χ4n) is 1.12. The molecule has 0 fully saturated rings. The highest BCUT2D eigenvalue weighted by Gasteiger charge is 2.30. The van der Waals surface area contributed by atoms with E-state index in [1.54, 1.807) is 12.1 Å². The highest BCUT2D eigenvalue weighted by Crippen LogP contribution is 2.29. The van der Waals surface area contributed by atoms with Crippen LogP contribution in [0, 0.1) is 13.0 Å². The van der Waals surface area contributed by atoms with E-state index in [9.17, 15) is 17.6 Å². The first kappa shape index (κ1) is 16.7. The number of rotatable bonds is 0. The zero-order valence-corrected chi connectivity index (χ0v) is 13.7. The monoisotopic (exact) mass is 494 g/mol. The number of halogens is 6. The van der Waals surface area contributed by atoms with Gasteiger partial charge >= 0.3 is 6.18 Å². The molecule has 0 aromatic heterocycles. The highest BCUT2D eigenvalue weighted by atomic mass is 127. The van der Waals surface area contributed by atoms with E-state index < -0.39 is 11.7 Å². The maximum atomic E-state index is 12.2. The third-order valence-corrected chi connectivity index (χ3v) is 3.28. The molecule has 0 unspecified atom stereocenters. The molecule has 0 bridgehead atoms. The summed E-state index contributed by atoms with van der Waals surface area (Å²) in [6, 6.07) is 11.6. The molecule has 0 heterocycles. The lowest BCUT2D eigenvalue weighted by Gasteiger charge is -2.05. The second-order valence-corrected chi connectivity index (χ2v) is 5.94. The predicted octanol–water partition coefficient (Wildman–Crippen LogP) is 5.74. The van der Waals surface area contributed by atoms with Gasteiger partial charge in [0.05, 0.1) is 5.56 Å². The third-order valence-electron chi connectivity index (χ3n) is 1.94. The van der Waals surface area contributed by atoms with Crippen molar-refractivity contribution in [1.29, 1.82) is 0 Å². The number of alkyl halides is 3. The Labute approximate surface area is 135 Å². The first-order valence-electron chi connectivity index (χ1n) is 5.03. The van der Waals surface area contributed by atoms with Gasteiger partial charge in [-0.05, 0) is 81.6 Å². The van der Waals surface area contributed by atoms with Crippen LogP contribution < -0.4 is 0 Å². The maximum absolute atomic E-state index is 12.2. The van der Waals surface area contributed by atoms with Gasteiger partial charge in [-0.3, -0.25) is 0 Å². The van der Waals surface area contributed by atoms with Gasteiger partial charge in [-0.15, -0.1) is 0 Å². The Bertz CT molecular complexity index is 521. The van der Waals surface area contributed by atoms with E-state index in [2.05, 4.69) is 22.6 Å². The second-order valence-electron chi connectivity index (χ2n) is 3.45. The van der Waals surface area contributed by atoms with E-state index in [0.717, 1.165) is 15.7 Å². The zero-order chi connectivity index (χ0) is 14.5. The fourth-order valence-corrected chi connectivity index (χ4v) is 2.17. The van der Waals surface area contributed by atoms with Crippen molar-refractivity contribution in [3.05, 3.63) is 67.1 Å². The first-order valence-corrected chi connectivity index (χ1v) is 7.18. The van der Waals surface area contributed by atoms with Crippen molar-refractivity contribution in [3.63, 3.8) is 0 Å². The van der Waals surface area contributed by atoms with Crippen LogP contribution in [0.3, 0.4) is 0 Å². The van der Waals surface area contributed by atoms with Crippen LogP contribution in [0.1, 0.15) is 5.56 Å². The molecule has 0 aliphatic rings. The highest BCUT2D eigenvalue weighted by molar-refractivity contribution is 14.1. The molecule has 2 aromatic rings. The van der Waals surface area contributed by atoms with Gasteiger partial charge in [0.25, 0.3) is 0 Å². The van der Waals surface area contributed by atoms with E-state index in [0.29, 0.717) is 3.57 Å². The summed E-state index contributed by atoms with van der Waals surface area (Å²) in [6.07, 6.45) is -4.22. The van der Waals surface area contributed by atoms with Crippen molar-refractivity contribution in [2.24, 2.45) is 0 Å². The number of hydrogen-bond donors (Lipinski definition) is 0. The van der Waals surface area contributed by atoms with E-state index >= 15 is 0 Å². The molecule has 19 heavy (non-hydrogen) atoms. The summed E-state index contributed by atoms with van der Waals surface area (Å²) in [4.78, 5) is 0. The second kappa shape index (κ2) is 7.41. The average Bonchev–Trinajstić information content (AvgIpc) is 2.28. The van der Waals surface area contributed by atoms with Gasteiger partial charge in [-0.25, -0.2) is 4.39 Å². The Hall–Kier alpha value is -0.380. The van der Waals surface area contributed by atoms with E-state index in [1.165, 1.54) is 18.2 Å². The molecule has 0 radical (unpaired) electrons. The minimum absolute atomic E-state index is 0.170. The lowest BCUT2D eigenvalue weighted by atomic mass is 10.2. The van der Waals surface area contributed by atoms with Crippen LogP contribution in [0.5, 0.6) is 0 Å². The summed E-state index contributed by atoms with van der Waals surface area (Å²) in [5.74, 6) is -0.170. The molecule has 0 atom stereocenters. The van der Waals surface area contributed by atoms with Crippen molar-refractivity contribution in [2.75, 3.05) is 0 Å². The Morgan fingerprint density at radius 3 is 1.63 bits per heavy atom. The molecule has 0 saturated heterocycles. The van der Waals surface area contributed by atoms with Crippen molar-refractivity contribution in [2.45, 2.75) is 6.18 Å². The normalized spacial score (nSPS) is 10.6. The van der Waals surface area contributed by atoms with E-state index in [4.69, 9.17) is 0 Å². The van der Waals surface area contributed by atoms with Crippen LogP contribution in [0.4, 0.5) is 17.6 Å². The SMILES string of the molecule is FC(F)(F)c1cccc(I)c1.Fc1cccc(I)c1. The Kier molecular flexibility index (Phi) is 6.51. The standard InChI is InChI=1S/C7H4F3I.C6H4FI/c8-7(9,10)5-2-1-3-6(11)4-5;7-5-2-1-3-6(8)4-5/h1-4H;1-4H. The quantitative estimate of drug-likeness (QED) is 0.324. The summed E-state index contributed by atoms with van der Waals surface area (Å²) in [6.45, 7) is 0. The lowest BCUT2D eigenvalue weighted by Crippen LogP contribution is -2.04. The van der Waals surface area contributed by atoms with E-state index in [1.807, 2.05) is 28.7 Å². The number of hydrogen-bond acceptors (Lipinski definition) is 0. The number of benzene rings is 2. The van der Waals surface area contributed by atoms with Crippen molar-refractivity contribution in [1.82, 2.24) is 0 Å². The van der Waals surface area contributed by atoms with Gasteiger partial charge in [0, 0.05) is 7.14 Å².